The molecule has 1 atom stereocenters. The van der Waals surface area contributed by atoms with Crippen molar-refractivity contribution in [2.75, 3.05) is 32.8 Å². The van der Waals surface area contributed by atoms with Gasteiger partial charge in [0, 0.05) is 47.8 Å². The molecule has 1 saturated heterocycles. The third-order valence-corrected chi connectivity index (χ3v) is 6.26. The van der Waals surface area contributed by atoms with Gasteiger partial charge in [-0.05, 0) is 36.4 Å². The predicted octanol–water partition coefficient (Wildman–Crippen LogP) is 2.91. The largest absolute Gasteiger partial charge is 0.485 e. The summed E-state index contributed by atoms with van der Waals surface area (Å²) in [5, 5.41) is 1.09. The van der Waals surface area contributed by atoms with Crippen LogP contribution in [0.15, 0.2) is 59.2 Å². The van der Waals surface area contributed by atoms with E-state index >= 15 is 0 Å². The average molecular weight is 484 g/mol. The summed E-state index contributed by atoms with van der Waals surface area (Å²) in [6.45, 7) is 2.50. The number of benzene rings is 2. The summed E-state index contributed by atoms with van der Waals surface area (Å²) < 4.78 is 14.5. The highest BCUT2D eigenvalue weighted by Gasteiger charge is 2.33. The summed E-state index contributed by atoms with van der Waals surface area (Å²) in [5.74, 6) is 1.21. The van der Waals surface area contributed by atoms with E-state index in [1.807, 2.05) is 58.1 Å². The van der Waals surface area contributed by atoms with Gasteiger partial charge in [0.15, 0.2) is 11.5 Å². The van der Waals surface area contributed by atoms with Crippen molar-refractivity contribution in [3.05, 3.63) is 59.2 Å². The third-order valence-electron chi connectivity index (χ3n) is 5.77. The molecular weight excluding hydrogens is 462 g/mol. The van der Waals surface area contributed by atoms with Gasteiger partial charge in [0.05, 0.1) is 0 Å². The third kappa shape index (κ3) is 3.99. The molecule has 7 nitrogen and oxygen atoms in total. The zero-order valence-corrected chi connectivity index (χ0v) is 18.5. The smallest absolute Gasteiger partial charge is 0.267 e. The van der Waals surface area contributed by atoms with Gasteiger partial charge in [-0.3, -0.25) is 9.59 Å². The van der Waals surface area contributed by atoms with Crippen LogP contribution in [0.3, 0.4) is 0 Å². The molecule has 1 aromatic heterocycles. The van der Waals surface area contributed by atoms with E-state index in [1.165, 1.54) is 0 Å². The number of rotatable bonds is 3. The lowest BCUT2D eigenvalue weighted by Crippen LogP contribution is -2.55. The molecule has 0 radical (unpaired) electrons. The Labute approximate surface area is 188 Å². The first-order valence-electron chi connectivity index (χ1n) is 10.3. The summed E-state index contributed by atoms with van der Waals surface area (Å²) in [4.78, 5) is 29.3. The molecule has 160 valence electrons. The number of nitrogens with zero attached hydrogens (tertiary/aromatic N) is 3. The van der Waals surface area contributed by atoms with Crippen LogP contribution >= 0.6 is 15.9 Å². The van der Waals surface area contributed by atoms with Crippen molar-refractivity contribution in [1.82, 2.24) is 14.4 Å². The number of carbonyl (C=O) groups is 2. The number of ether oxygens (including phenoxy) is 2. The van der Waals surface area contributed by atoms with Crippen LogP contribution in [0, 0.1) is 0 Å². The molecular formula is C23H22BrN3O4. The predicted molar refractivity (Wildman–Crippen MR) is 119 cm³/mol. The zero-order valence-electron chi connectivity index (χ0n) is 16.9. The van der Waals surface area contributed by atoms with E-state index in [4.69, 9.17) is 9.47 Å². The summed E-state index contributed by atoms with van der Waals surface area (Å²) >= 11 is 3.48. The normalized spacial score (nSPS) is 18.3. The van der Waals surface area contributed by atoms with Crippen molar-refractivity contribution in [2.24, 2.45) is 0 Å². The van der Waals surface area contributed by atoms with Crippen LogP contribution in [0.1, 0.15) is 0 Å². The monoisotopic (exact) mass is 483 g/mol. The molecule has 2 amide bonds. The summed E-state index contributed by atoms with van der Waals surface area (Å²) in [7, 11) is 0. The Morgan fingerprint density at radius 3 is 2.52 bits per heavy atom. The maximum Gasteiger partial charge on any atom is 0.267 e. The zero-order chi connectivity index (χ0) is 21.4. The number of carbonyl (C=O) groups excluding carboxylic acids is 2. The molecule has 3 aromatic rings. The average Bonchev–Trinajstić information content (AvgIpc) is 3.19. The standard InChI is InChI=1S/C23H22BrN3O4/c24-17-5-6-18-16(13-17)7-8-27(18)14-22(28)25-9-11-26(12-10-25)23(29)21-15-30-19-3-1-2-4-20(19)31-21/h1-8,13,21H,9-12,14-15H2/t21-/m0/s1. The lowest BCUT2D eigenvalue weighted by atomic mass is 10.2. The first-order chi connectivity index (χ1) is 15.1. The molecule has 2 aliphatic heterocycles. The van der Waals surface area contributed by atoms with Gasteiger partial charge in [0.2, 0.25) is 12.0 Å². The number of amides is 2. The van der Waals surface area contributed by atoms with E-state index in [2.05, 4.69) is 15.9 Å². The highest BCUT2D eigenvalue weighted by Crippen LogP contribution is 2.31. The lowest BCUT2D eigenvalue weighted by molar-refractivity contribution is -0.146. The van der Waals surface area contributed by atoms with Gasteiger partial charge in [-0.15, -0.1) is 0 Å². The maximum atomic E-state index is 12.9. The minimum absolute atomic E-state index is 0.0543. The summed E-state index contributed by atoms with van der Waals surface area (Å²) in [6.07, 6.45) is 1.29. The quantitative estimate of drug-likeness (QED) is 0.574. The topological polar surface area (TPSA) is 64.0 Å². The van der Waals surface area contributed by atoms with Gasteiger partial charge in [-0.2, -0.15) is 0 Å². The molecule has 5 rings (SSSR count). The van der Waals surface area contributed by atoms with E-state index in [0.29, 0.717) is 37.7 Å². The maximum absolute atomic E-state index is 12.9. The molecule has 0 unspecified atom stereocenters. The lowest BCUT2D eigenvalue weighted by Gasteiger charge is -2.37. The second kappa shape index (κ2) is 8.26. The SMILES string of the molecule is O=C(Cn1ccc2cc(Br)ccc21)N1CCN(C(=O)[C@@H]2COc3ccccc3O2)CC1. The van der Waals surface area contributed by atoms with Crippen molar-refractivity contribution in [2.45, 2.75) is 12.6 Å². The molecule has 0 bridgehead atoms. The van der Waals surface area contributed by atoms with Crippen molar-refractivity contribution < 1.29 is 19.1 Å². The van der Waals surface area contributed by atoms with Crippen molar-refractivity contribution in [3.63, 3.8) is 0 Å². The molecule has 2 aromatic carbocycles. The van der Waals surface area contributed by atoms with Gasteiger partial charge in [-0.1, -0.05) is 28.1 Å². The first kappa shape index (κ1) is 19.9. The molecule has 0 aliphatic carbocycles. The number of para-hydroxylation sites is 2. The number of fused-ring (bicyclic) bond motifs is 2. The first-order valence-corrected chi connectivity index (χ1v) is 11.1. The van der Waals surface area contributed by atoms with E-state index in [9.17, 15) is 9.59 Å². The van der Waals surface area contributed by atoms with E-state index < -0.39 is 6.10 Å². The molecule has 2 aliphatic rings. The van der Waals surface area contributed by atoms with Crippen LogP contribution in [0.5, 0.6) is 11.5 Å². The Morgan fingerprint density at radius 2 is 1.71 bits per heavy atom. The Hall–Kier alpha value is -3.00. The number of hydrogen-bond donors (Lipinski definition) is 0. The Kier molecular flexibility index (Phi) is 5.31. The minimum atomic E-state index is -0.650. The molecule has 0 spiro atoms. The number of piperazine rings is 1. The van der Waals surface area contributed by atoms with Crippen LogP contribution in [-0.4, -0.2) is 65.1 Å². The molecule has 8 heteroatoms. The van der Waals surface area contributed by atoms with Crippen molar-refractivity contribution in [3.8, 4) is 11.5 Å². The van der Waals surface area contributed by atoms with Crippen molar-refractivity contribution >= 4 is 38.6 Å². The Balaban J connectivity index is 1.17. The van der Waals surface area contributed by atoms with E-state index in [-0.39, 0.29) is 25.0 Å². The number of halogens is 1. The van der Waals surface area contributed by atoms with Gasteiger partial charge in [0.1, 0.15) is 13.2 Å². The second-order valence-corrected chi connectivity index (χ2v) is 8.63. The van der Waals surface area contributed by atoms with Crippen LogP contribution < -0.4 is 9.47 Å². The van der Waals surface area contributed by atoms with Crippen LogP contribution in [0.4, 0.5) is 0 Å². The fraction of sp³-hybridized carbons (Fsp3) is 0.304. The number of aromatic nitrogens is 1. The van der Waals surface area contributed by atoms with Gasteiger partial charge in [0.25, 0.3) is 5.91 Å². The Morgan fingerprint density at radius 1 is 0.968 bits per heavy atom. The van der Waals surface area contributed by atoms with Crippen LogP contribution in [-0.2, 0) is 16.1 Å². The molecule has 3 heterocycles. The van der Waals surface area contributed by atoms with Crippen LogP contribution in [0.2, 0.25) is 0 Å². The highest BCUT2D eigenvalue weighted by atomic mass is 79.9. The van der Waals surface area contributed by atoms with Crippen molar-refractivity contribution in [1.29, 1.82) is 0 Å². The Bertz CT molecular complexity index is 1140. The molecule has 0 N–H and O–H groups in total. The second-order valence-electron chi connectivity index (χ2n) is 7.72. The fourth-order valence-corrected chi connectivity index (χ4v) is 4.45. The summed E-state index contributed by atoms with van der Waals surface area (Å²) in [5.41, 5.74) is 1.03. The van der Waals surface area contributed by atoms with Gasteiger partial charge >= 0.3 is 0 Å². The van der Waals surface area contributed by atoms with E-state index in [0.717, 1.165) is 15.4 Å². The van der Waals surface area contributed by atoms with Gasteiger partial charge < -0.3 is 23.8 Å². The fourth-order valence-electron chi connectivity index (χ4n) is 4.08. The van der Waals surface area contributed by atoms with Crippen LogP contribution in [0.25, 0.3) is 10.9 Å². The molecule has 31 heavy (non-hydrogen) atoms. The van der Waals surface area contributed by atoms with E-state index in [1.54, 1.807) is 11.0 Å². The molecule has 0 saturated carbocycles. The molecule has 1 fully saturated rings. The summed E-state index contributed by atoms with van der Waals surface area (Å²) in [6, 6.07) is 15.4. The van der Waals surface area contributed by atoms with Gasteiger partial charge in [-0.25, -0.2) is 0 Å². The number of hydrogen-bond acceptors (Lipinski definition) is 4. The minimum Gasteiger partial charge on any atom is -0.485 e. The highest BCUT2D eigenvalue weighted by molar-refractivity contribution is 9.10.